The molecule has 2 aliphatic heterocycles. The van der Waals surface area contributed by atoms with Crippen LogP contribution < -0.4 is 9.47 Å². The smallest absolute Gasteiger partial charge is 0.253 e. The molecule has 3 atom stereocenters. The van der Waals surface area contributed by atoms with Gasteiger partial charge in [-0.1, -0.05) is 25.1 Å². The highest BCUT2D eigenvalue weighted by molar-refractivity contribution is 5.94. The van der Waals surface area contributed by atoms with E-state index in [-0.39, 0.29) is 18.1 Å². The second-order valence-corrected chi connectivity index (χ2v) is 10.5. The Bertz CT molecular complexity index is 1380. The van der Waals surface area contributed by atoms with Crippen LogP contribution in [0.3, 0.4) is 0 Å². The Morgan fingerprint density at radius 3 is 2.44 bits per heavy atom. The molecule has 2 aromatic rings. The molecule has 0 fully saturated rings. The van der Waals surface area contributed by atoms with E-state index in [0.29, 0.717) is 31.1 Å². The largest absolute Gasteiger partial charge is 0.493 e. The number of hydrogen-bond acceptors (Lipinski definition) is 6. The van der Waals surface area contributed by atoms with E-state index in [9.17, 15) is 4.79 Å². The van der Waals surface area contributed by atoms with E-state index in [0.717, 1.165) is 47.0 Å². The Morgan fingerprint density at radius 2 is 1.87 bits per heavy atom. The monoisotopic (exact) mass is 526 g/mol. The summed E-state index contributed by atoms with van der Waals surface area (Å²) in [6.07, 6.45) is 5.19. The predicted octanol–water partition coefficient (Wildman–Crippen LogP) is 5.81. The van der Waals surface area contributed by atoms with E-state index < -0.39 is 0 Å². The number of methoxy groups -OCH3 is 1. The minimum Gasteiger partial charge on any atom is -0.493 e. The van der Waals surface area contributed by atoms with E-state index in [4.69, 9.17) is 9.47 Å². The van der Waals surface area contributed by atoms with Gasteiger partial charge < -0.3 is 14.4 Å². The van der Waals surface area contributed by atoms with Crippen LogP contribution >= 0.6 is 0 Å². The van der Waals surface area contributed by atoms with Gasteiger partial charge in [0.05, 0.1) is 30.6 Å². The first kappa shape index (κ1) is 26.9. The molecule has 0 aromatic heterocycles. The number of hydrogen-bond donors (Lipinski definition) is 0. The molecule has 0 spiro atoms. The number of carbonyl (C=O) groups excluding carboxylic acids is 1. The number of carbonyl (C=O) groups is 1. The van der Waals surface area contributed by atoms with Gasteiger partial charge in [0.15, 0.2) is 11.5 Å². The topological polar surface area (TPSA) is 66.7 Å². The van der Waals surface area contributed by atoms with Gasteiger partial charge in [-0.3, -0.25) is 9.69 Å². The molecule has 0 radical (unpaired) electrons. The van der Waals surface area contributed by atoms with Crippen LogP contribution in [-0.4, -0.2) is 61.1 Å². The second kappa shape index (κ2) is 11.2. The molecule has 0 saturated carbocycles. The van der Waals surface area contributed by atoms with Gasteiger partial charge in [-0.25, -0.2) is 0 Å². The molecule has 0 saturated heterocycles. The van der Waals surface area contributed by atoms with Gasteiger partial charge >= 0.3 is 0 Å². The van der Waals surface area contributed by atoms with Crippen molar-refractivity contribution >= 4 is 11.9 Å². The number of allylic oxidation sites excluding steroid dienone is 1. The van der Waals surface area contributed by atoms with Crippen molar-refractivity contribution in [1.29, 1.82) is 0 Å². The quantitative estimate of drug-likeness (QED) is 0.387. The van der Waals surface area contributed by atoms with E-state index in [2.05, 4.69) is 65.1 Å². The molecule has 2 heterocycles. The maximum atomic E-state index is 13.0. The molecule has 0 bridgehead atoms. The first-order valence-corrected chi connectivity index (χ1v) is 13.9. The van der Waals surface area contributed by atoms with Gasteiger partial charge in [-0.2, -0.15) is 9.98 Å². The molecule has 2 aromatic carbocycles. The Morgan fingerprint density at radius 1 is 1.13 bits per heavy atom. The van der Waals surface area contributed by atoms with Crippen molar-refractivity contribution in [2.45, 2.75) is 53.2 Å². The average molecular weight is 527 g/mol. The average Bonchev–Trinajstić information content (AvgIpc) is 3.35. The Balaban J connectivity index is 1.57. The minimum atomic E-state index is -0.0382. The summed E-state index contributed by atoms with van der Waals surface area (Å²) in [5, 5.41) is 0. The molecule has 39 heavy (non-hydrogen) atoms. The van der Waals surface area contributed by atoms with Gasteiger partial charge in [0.2, 0.25) is 0 Å². The van der Waals surface area contributed by atoms with Crippen molar-refractivity contribution in [3.05, 3.63) is 81.7 Å². The van der Waals surface area contributed by atoms with Crippen molar-refractivity contribution in [2.75, 3.05) is 33.3 Å². The summed E-state index contributed by atoms with van der Waals surface area (Å²) in [7, 11) is 1.72. The van der Waals surface area contributed by atoms with Crippen molar-refractivity contribution in [2.24, 2.45) is 15.9 Å². The van der Waals surface area contributed by atoms with Crippen LogP contribution in [0.4, 0.5) is 0 Å². The number of rotatable bonds is 9. The van der Waals surface area contributed by atoms with Gasteiger partial charge in [0, 0.05) is 37.7 Å². The van der Waals surface area contributed by atoms with Gasteiger partial charge in [0.1, 0.15) is 6.10 Å². The maximum Gasteiger partial charge on any atom is 0.253 e. The summed E-state index contributed by atoms with van der Waals surface area (Å²) in [5.74, 6) is 2.00. The fraction of sp³-hybridized carbons (Fsp3) is 0.438. The zero-order chi connectivity index (χ0) is 27.7. The molecule has 2 unspecified atom stereocenters. The third-order valence-electron chi connectivity index (χ3n) is 8.25. The van der Waals surface area contributed by atoms with Crippen LogP contribution in [0.5, 0.6) is 11.5 Å². The predicted molar refractivity (Wildman–Crippen MR) is 154 cm³/mol. The van der Waals surface area contributed by atoms with E-state index in [1.165, 1.54) is 11.1 Å². The van der Waals surface area contributed by atoms with Crippen LogP contribution in [0.15, 0.2) is 63.9 Å². The highest BCUT2D eigenvalue weighted by atomic mass is 16.5. The number of ether oxygens (including phenoxy) is 2. The summed E-state index contributed by atoms with van der Waals surface area (Å²) in [6.45, 7) is 13.2. The van der Waals surface area contributed by atoms with Crippen molar-refractivity contribution < 1.29 is 14.3 Å². The molecule has 204 valence electrons. The van der Waals surface area contributed by atoms with Gasteiger partial charge in [0.25, 0.3) is 5.91 Å². The molecule has 7 heteroatoms. The number of benzene rings is 2. The molecule has 5 rings (SSSR count). The first-order valence-electron chi connectivity index (χ1n) is 13.9. The number of fused-ring (bicyclic) bond motifs is 1. The normalized spacial score (nSPS) is 21.6. The highest BCUT2D eigenvalue weighted by Crippen LogP contribution is 2.45. The lowest BCUT2D eigenvalue weighted by Gasteiger charge is -2.39. The van der Waals surface area contributed by atoms with Crippen LogP contribution in [0, 0.1) is 12.8 Å². The standard InChI is InChI=1S/C32H38N4O3/c1-7-35(8-2)32(37)24-12-10-23(11-13-24)30-26-17-29(39-28-14-9-20(28)3)31(38-6)21(4)25(26)15-16-36(30)18-27-22(5)33-19-34-27/h9-14,17,20,28,30H,7-8,15-16,18H2,1-6H3/t20-,28?,30?/m0/s1. The fourth-order valence-electron chi connectivity index (χ4n) is 5.76. The minimum absolute atomic E-state index is 0.0382. The number of amides is 1. The summed E-state index contributed by atoms with van der Waals surface area (Å²) in [5.41, 5.74) is 7.29. The van der Waals surface area contributed by atoms with Crippen molar-refractivity contribution in [3.8, 4) is 11.5 Å². The molecule has 1 amide bonds. The lowest BCUT2D eigenvalue weighted by atomic mass is 9.84. The second-order valence-electron chi connectivity index (χ2n) is 10.5. The molecule has 0 N–H and O–H groups in total. The SMILES string of the molecule is CCN(CC)C(=O)c1ccc(C2c3cc(OC4C=C[C@@H]4C)c(OC)c(C)c3CCN2CC2=C(C)N=C=N2)cc1. The summed E-state index contributed by atoms with van der Waals surface area (Å²) in [6, 6.07) is 13.0. The lowest BCUT2D eigenvalue weighted by Crippen LogP contribution is -2.38. The molecule has 7 nitrogen and oxygen atoms in total. The Hall–Kier alpha value is -3.67. The molecular formula is C32H38N4O3. The van der Waals surface area contributed by atoms with Gasteiger partial charge in [-0.05, 0) is 80.6 Å². The fourth-order valence-corrected chi connectivity index (χ4v) is 5.76. The third-order valence-corrected chi connectivity index (χ3v) is 8.25. The van der Waals surface area contributed by atoms with E-state index in [1.807, 2.05) is 37.8 Å². The summed E-state index contributed by atoms with van der Waals surface area (Å²) in [4.78, 5) is 25.9. The van der Waals surface area contributed by atoms with Crippen LogP contribution in [0.25, 0.3) is 0 Å². The zero-order valence-corrected chi connectivity index (χ0v) is 23.8. The Kier molecular flexibility index (Phi) is 7.74. The zero-order valence-electron chi connectivity index (χ0n) is 23.8. The molecule has 3 aliphatic rings. The third kappa shape index (κ3) is 5.05. The number of nitrogens with zero attached hydrogens (tertiary/aromatic N) is 4. The van der Waals surface area contributed by atoms with Gasteiger partial charge in [-0.15, -0.1) is 0 Å². The maximum absolute atomic E-state index is 13.0. The summed E-state index contributed by atoms with van der Waals surface area (Å²) >= 11 is 0. The number of aliphatic imine (C=N–C) groups is 2. The van der Waals surface area contributed by atoms with Crippen molar-refractivity contribution in [3.63, 3.8) is 0 Å². The Labute approximate surface area is 231 Å². The van der Waals surface area contributed by atoms with Crippen LogP contribution in [-0.2, 0) is 6.42 Å². The van der Waals surface area contributed by atoms with Crippen LogP contribution in [0.1, 0.15) is 66.3 Å². The molecular weight excluding hydrogens is 488 g/mol. The summed E-state index contributed by atoms with van der Waals surface area (Å²) < 4.78 is 12.3. The van der Waals surface area contributed by atoms with Crippen LogP contribution in [0.2, 0.25) is 0 Å². The van der Waals surface area contributed by atoms with E-state index in [1.54, 1.807) is 7.11 Å². The van der Waals surface area contributed by atoms with Crippen molar-refractivity contribution in [1.82, 2.24) is 9.80 Å². The first-order chi connectivity index (χ1) is 18.9. The van der Waals surface area contributed by atoms with E-state index >= 15 is 0 Å². The lowest BCUT2D eigenvalue weighted by molar-refractivity contribution is 0.0773. The highest BCUT2D eigenvalue weighted by Gasteiger charge is 2.34. The molecule has 1 aliphatic carbocycles.